The number of hydrogen-bond donors (Lipinski definition) is 1. The zero-order chi connectivity index (χ0) is 20.1. The van der Waals surface area contributed by atoms with E-state index in [9.17, 15) is 0 Å². The van der Waals surface area contributed by atoms with E-state index in [-0.39, 0.29) is 5.82 Å². The first-order valence-corrected chi connectivity index (χ1v) is 9.77. The third-order valence-electron chi connectivity index (χ3n) is 5.95. The van der Waals surface area contributed by atoms with E-state index < -0.39 is 0 Å². The molecule has 0 amide bonds. The van der Waals surface area contributed by atoms with Crippen LogP contribution >= 0.6 is 0 Å². The van der Waals surface area contributed by atoms with Crippen molar-refractivity contribution in [1.82, 2.24) is 19.1 Å². The lowest BCUT2D eigenvalue weighted by Crippen LogP contribution is -2.23. The van der Waals surface area contributed by atoms with E-state index in [0.717, 1.165) is 36.3 Å². The van der Waals surface area contributed by atoms with Gasteiger partial charge in [0.25, 0.3) is 0 Å². The Morgan fingerprint density at radius 2 is 1.97 bits per heavy atom. The van der Waals surface area contributed by atoms with Crippen LogP contribution in [-0.4, -0.2) is 32.2 Å². The molecule has 0 atom stereocenters. The molecule has 6 nitrogen and oxygen atoms in total. The minimum Gasteiger partial charge on any atom is -0.383 e. The lowest BCUT2D eigenvalue weighted by molar-refractivity contribution is 0.619. The summed E-state index contributed by atoms with van der Waals surface area (Å²) in [7, 11) is 3.94. The number of anilines is 2. The topological polar surface area (TPSA) is 64.9 Å². The van der Waals surface area contributed by atoms with E-state index >= 15 is 4.39 Å². The molecule has 1 aromatic carbocycles. The Kier molecular flexibility index (Phi) is 4.04. The molecule has 7 heteroatoms. The molecule has 0 radical (unpaired) electrons. The second-order valence-corrected chi connectivity index (χ2v) is 7.63. The number of fused-ring (bicyclic) bond motifs is 2. The summed E-state index contributed by atoms with van der Waals surface area (Å²) in [4.78, 5) is 10.7. The van der Waals surface area contributed by atoms with Crippen LogP contribution in [0.1, 0.15) is 11.3 Å². The zero-order valence-corrected chi connectivity index (χ0v) is 16.6. The Hall–Kier alpha value is -3.35. The van der Waals surface area contributed by atoms with Crippen molar-refractivity contribution < 1.29 is 4.39 Å². The molecule has 0 aliphatic carbocycles. The van der Waals surface area contributed by atoms with Gasteiger partial charge < -0.3 is 19.8 Å². The first-order chi connectivity index (χ1) is 14.0. The van der Waals surface area contributed by atoms with Crippen LogP contribution in [0.2, 0.25) is 0 Å². The summed E-state index contributed by atoms with van der Waals surface area (Å²) in [6, 6.07) is 8.08. The quantitative estimate of drug-likeness (QED) is 0.581. The Balaban J connectivity index is 1.51. The highest BCUT2D eigenvalue weighted by atomic mass is 19.1. The second-order valence-electron chi connectivity index (χ2n) is 7.63. The van der Waals surface area contributed by atoms with Gasteiger partial charge in [0.1, 0.15) is 23.6 Å². The first-order valence-electron chi connectivity index (χ1n) is 9.77. The predicted molar refractivity (Wildman–Crippen MR) is 113 cm³/mol. The Labute approximate surface area is 168 Å². The van der Waals surface area contributed by atoms with Gasteiger partial charge in [0, 0.05) is 74.1 Å². The summed E-state index contributed by atoms with van der Waals surface area (Å²) >= 11 is 0. The third kappa shape index (κ3) is 2.76. The van der Waals surface area contributed by atoms with Gasteiger partial charge in [-0.2, -0.15) is 0 Å². The number of aryl methyl sites for hydroxylation is 2. The SMILES string of the molecule is Cn1cccc1CCN1CCc2c1ccc(-c1cn(C)c3ncnc(N)c13)c2F. The summed E-state index contributed by atoms with van der Waals surface area (Å²) in [5.41, 5.74) is 11.1. The van der Waals surface area contributed by atoms with Gasteiger partial charge in [0.15, 0.2) is 0 Å². The van der Waals surface area contributed by atoms with Crippen molar-refractivity contribution in [1.29, 1.82) is 0 Å². The van der Waals surface area contributed by atoms with Crippen molar-refractivity contribution in [2.75, 3.05) is 23.7 Å². The van der Waals surface area contributed by atoms with Crippen LogP contribution in [-0.2, 0) is 26.9 Å². The first kappa shape index (κ1) is 17.7. The van der Waals surface area contributed by atoms with Crippen LogP contribution in [0.3, 0.4) is 0 Å². The van der Waals surface area contributed by atoms with Crippen molar-refractivity contribution in [2.24, 2.45) is 14.1 Å². The molecular formula is C22H23FN6. The van der Waals surface area contributed by atoms with E-state index in [0.29, 0.717) is 28.8 Å². The van der Waals surface area contributed by atoms with Gasteiger partial charge in [0.2, 0.25) is 0 Å². The van der Waals surface area contributed by atoms with E-state index in [1.165, 1.54) is 12.0 Å². The Morgan fingerprint density at radius 3 is 2.76 bits per heavy atom. The van der Waals surface area contributed by atoms with E-state index in [1.807, 2.05) is 29.9 Å². The molecule has 5 rings (SSSR count). The Morgan fingerprint density at radius 1 is 1.10 bits per heavy atom. The van der Waals surface area contributed by atoms with Gasteiger partial charge in [-0.05, 0) is 30.7 Å². The van der Waals surface area contributed by atoms with E-state index in [2.05, 4.69) is 44.8 Å². The summed E-state index contributed by atoms with van der Waals surface area (Å²) in [5, 5.41) is 0.701. The highest BCUT2D eigenvalue weighted by Gasteiger charge is 2.26. The van der Waals surface area contributed by atoms with Crippen LogP contribution in [0.5, 0.6) is 0 Å². The number of nitrogen functional groups attached to an aromatic ring is 1. The van der Waals surface area contributed by atoms with Crippen LogP contribution < -0.4 is 10.6 Å². The predicted octanol–water partition coefficient (Wildman–Crippen LogP) is 3.30. The van der Waals surface area contributed by atoms with Crippen LogP contribution in [0.25, 0.3) is 22.2 Å². The van der Waals surface area contributed by atoms with Crippen molar-refractivity contribution >= 4 is 22.5 Å². The molecule has 2 N–H and O–H groups in total. The molecule has 1 aliphatic heterocycles. The average Bonchev–Trinajstić information content (AvgIpc) is 3.39. The number of rotatable bonds is 4. The van der Waals surface area contributed by atoms with Gasteiger partial charge in [0.05, 0.1) is 5.39 Å². The summed E-state index contributed by atoms with van der Waals surface area (Å²) in [5.74, 6) is 0.203. The molecule has 0 bridgehead atoms. The fourth-order valence-electron chi connectivity index (χ4n) is 4.40. The number of aromatic nitrogens is 4. The average molecular weight is 390 g/mol. The molecule has 4 aromatic rings. The molecule has 0 unspecified atom stereocenters. The maximum absolute atomic E-state index is 15.6. The van der Waals surface area contributed by atoms with Crippen molar-refractivity contribution in [3.8, 4) is 11.1 Å². The molecule has 3 aromatic heterocycles. The highest BCUT2D eigenvalue weighted by molar-refractivity contribution is 6.01. The van der Waals surface area contributed by atoms with E-state index in [1.54, 1.807) is 0 Å². The summed E-state index contributed by atoms with van der Waals surface area (Å²) < 4.78 is 19.6. The van der Waals surface area contributed by atoms with Crippen LogP contribution in [0, 0.1) is 5.82 Å². The van der Waals surface area contributed by atoms with Crippen molar-refractivity contribution in [3.63, 3.8) is 0 Å². The molecule has 0 fully saturated rings. The van der Waals surface area contributed by atoms with Crippen molar-refractivity contribution in [2.45, 2.75) is 12.8 Å². The standard InChI is InChI=1S/C22H23FN6/c1-27-9-3-4-14(27)7-10-29-11-8-16-18(29)6-5-15(20(16)23)17-12-28(2)22-19(17)21(24)25-13-26-22/h3-6,9,12-13H,7-8,10-11H2,1-2H3,(H2,24,25,26). The largest absolute Gasteiger partial charge is 0.383 e. The van der Waals surface area contributed by atoms with Crippen molar-refractivity contribution in [3.05, 3.63) is 60.1 Å². The van der Waals surface area contributed by atoms with Gasteiger partial charge >= 0.3 is 0 Å². The highest BCUT2D eigenvalue weighted by Crippen LogP contribution is 2.39. The van der Waals surface area contributed by atoms with Gasteiger partial charge in [-0.3, -0.25) is 0 Å². The maximum Gasteiger partial charge on any atom is 0.145 e. The minimum absolute atomic E-state index is 0.167. The van der Waals surface area contributed by atoms with Crippen LogP contribution in [0.4, 0.5) is 15.9 Å². The zero-order valence-electron chi connectivity index (χ0n) is 16.6. The second kappa shape index (κ2) is 6.62. The number of hydrogen-bond acceptors (Lipinski definition) is 4. The van der Waals surface area contributed by atoms with Crippen LogP contribution in [0.15, 0.2) is 43.0 Å². The Bertz CT molecular complexity index is 1220. The number of benzene rings is 1. The lowest BCUT2D eigenvalue weighted by atomic mass is 10.0. The normalized spacial score (nSPS) is 13.4. The lowest BCUT2D eigenvalue weighted by Gasteiger charge is -2.20. The molecular weight excluding hydrogens is 367 g/mol. The van der Waals surface area contributed by atoms with Gasteiger partial charge in [-0.15, -0.1) is 0 Å². The molecule has 148 valence electrons. The summed E-state index contributed by atoms with van der Waals surface area (Å²) in [6.45, 7) is 1.71. The molecule has 0 saturated heterocycles. The van der Waals surface area contributed by atoms with Gasteiger partial charge in [-0.1, -0.05) is 0 Å². The molecule has 29 heavy (non-hydrogen) atoms. The molecule has 1 aliphatic rings. The van der Waals surface area contributed by atoms with Gasteiger partial charge in [-0.25, -0.2) is 14.4 Å². The van der Waals surface area contributed by atoms with E-state index in [4.69, 9.17) is 5.73 Å². The third-order valence-corrected chi connectivity index (χ3v) is 5.95. The smallest absolute Gasteiger partial charge is 0.145 e. The number of nitrogens with two attached hydrogens (primary N) is 1. The monoisotopic (exact) mass is 390 g/mol. The summed E-state index contributed by atoms with van der Waals surface area (Å²) in [6.07, 6.45) is 7.01. The fraction of sp³-hybridized carbons (Fsp3) is 0.273. The minimum atomic E-state index is -0.167. The number of nitrogens with zero attached hydrogens (tertiary/aromatic N) is 5. The fourth-order valence-corrected chi connectivity index (χ4v) is 4.40. The molecule has 4 heterocycles. The number of halogens is 1. The molecule has 0 spiro atoms. The molecule has 0 saturated carbocycles. The maximum atomic E-state index is 15.6.